The van der Waals surface area contributed by atoms with E-state index in [0.717, 1.165) is 13.3 Å². The minimum Gasteiger partial charge on any atom is -0.304 e. The van der Waals surface area contributed by atoms with Gasteiger partial charge in [-0.3, -0.25) is 0 Å². The van der Waals surface area contributed by atoms with Gasteiger partial charge in [-0.1, -0.05) is 0 Å². The molecule has 0 aromatic carbocycles. The first-order valence-electron chi connectivity index (χ1n) is 4.83. The van der Waals surface area contributed by atoms with E-state index in [0.29, 0.717) is 0 Å². The van der Waals surface area contributed by atoms with Crippen molar-refractivity contribution < 1.29 is 0 Å². The van der Waals surface area contributed by atoms with Crippen molar-refractivity contribution in [2.75, 3.05) is 39.5 Å². The molecule has 0 unspecified atom stereocenters. The normalized spacial score (nSPS) is 24.0. The van der Waals surface area contributed by atoms with Gasteiger partial charge >= 0.3 is 0 Å². The summed E-state index contributed by atoms with van der Waals surface area (Å²) in [4.78, 5) is 0. The second kappa shape index (κ2) is 7.49. The van der Waals surface area contributed by atoms with Crippen molar-refractivity contribution in [3.63, 3.8) is 0 Å². The highest BCUT2D eigenvalue weighted by molar-refractivity contribution is 4.55. The first-order chi connectivity index (χ1) is 6.00. The highest BCUT2D eigenvalue weighted by atomic mass is 15.1. The second-order valence-electron chi connectivity index (χ2n) is 3.06. The van der Waals surface area contributed by atoms with Crippen LogP contribution < -0.4 is 21.3 Å². The van der Waals surface area contributed by atoms with Crippen LogP contribution in [0.2, 0.25) is 0 Å². The summed E-state index contributed by atoms with van der Waals surface area (Å²) >= 11 is 0. The molecule has 0 spiro atoms. The topological polar surface area (TPSA) is 48.1 Å². The van der Waals surface area contributed by atoms with Crippen molar-refractivity contribution in [3.8, 4) is 0 Å². The van der Waals surface area contributed by atoms with Crippen molar-refractivity contribution in [2.45, 2.75) is 12.8 Å². The van der Waals surface area contributed by atoms with Crippen LogP contribution in [0.1, 0.15) is 12.8 Å². The molecule has 0 aromatic rings. The molecule has 2 rings (SSSR count). The van der Waals surface area contributed by atoms with Gasteiger partial charge in [0.1, 0.15) is 0 Å². The lowest BCUT2D eigenvalue weighted by molar-refractivity contribution is 0.496. The van der Waals surface area contributed by atoms with E-state index in [4.69, 9.17) is 0 Å². The minimum absolute atomic E-state index is 1.00. The van der Waals surface area contributed by atoms with E-state index < -0.39 is 0 Å². The molecule has 2 heterocycles. The molecule has 0 radical (unpaired) electrons. The average Bonchev–Trinajstić information content (AvgIpc) is 2.24. The average molecular weight is 172 g/mol. The monoisotopic (exact) mass is 172 g/mol. The molecule has 72 valence electrons. The summed E-state index contributed by atoms with van der Waals surface area (Å²) in [7, 11) is 0. The van der Waals surface area contributed by atoms with Crippen LogP contribution in [0.3, 0.4) is 0 Å². The summed E-state index contributed by atoms with van der Waals surface area (Å²) < 4.78 is 0. The molecule has 0 amide bonds. The Labute approximate surface area is 74.5 Å². The zero-order valence-corrected chi connectivity index (χ0v) is 7.66. The molecule has 0 aromatic heterocycles. The predicted molar refractivity (Wildman–Crippen MR) is 51.0 cm³/mol. The van der Waals surface area contributed by atoms with E-state index >= 15 is 0 Å². The molecular formula is C8H20N4. The summed E-state index contributed by atoms with van der Waals surface area (Å²) in [6.07, 6.45) is 2.56. The van der Waals surface area contributed by atoms with Crippen LogP contribution >= 0.6 is 0 Å². The molecule has 4 nitrogen and oxygen atoms in total. The molecule has 0 bridgehead atoms. The van der Waals surface area contributed by atoms with E-state index in [-0.39, 0.29) is 0 Å². The summed E-state index contributed by atoms with van der Waals surface area (Å²) in [5.74, 6) is 0. The highest BCUT2D eigenvalue weighted by Gasteiger charge is 1.92. The minimum atomic E-state index is 1.00. The van der Waals surface area contributed by atoms with Gasteiger partial charge in [-0.05, 0) is 39.0 Å². The maximum absolute atomic E-state index is 3.17. The largest absolute Gasteiger partial charge is 0.304 e. The van der Waals surface area contributed by atoms with Crippen molar-refractivity contribution in [1.82, 2.24) is 21.3 Å². The molecule has 2 saturated heterocycles. The molecule has 4 heteroatoms. The first kappa shape index (κ1) is 9.92. The van der Waals surface area contributed by atoms with Crippen LogP contribution in [0.15, 0.2) is 0 Å². The van der Waals surface area contributed by atoms with Gasteiger partial charge in [-0.15, -0.1) is 0 Å². The Morgan fingerprint density at radius 3 is 0.917 bits per heavy atom. The lowest BCUT2D eigenvalue weighted by atomic mass is 10.4. The molecule has 0 atom stereocenters. The molecular weight excluding hydrogens is 152 g/mol. The maximum atomic E-state index is 3.17. The third-order valence-electron chi connectivity index (χ3n) is 1.91. The summed E-state index contributed by atoms with van der Waals surface area (Å²) in [5.41, 5.74) is 0. The predicted octanol–water partition coefficient (Wildman–Crippen LogP) is -0.946. The number of nitrogens with one attached hydrogen (secondary N) is 4. The van der Waals surface area contributed by atoms with Crippen molar-refractivity contribution >= 4 is 0 Å². The molecule has 0 aliphatic carbocycles. The van der Waals surface area contributed by atoms with Gasteiger partial charge in [-0.25, -0.2) is 0 Å². The molecule has 4 N–H and O–H groups in total. The number of hydrogen-bond acceptors (Lipinski definition) is 4. The van der Waals surface area contributed by atoms with Gasteiger partial charge in [0.2, 0.25) is 0 Å². The maximum Gasteiger partial charge on any atom is 0.0454 e. The van der Waals surface area contributed by atoms with Gasteiger partial charge in [-0.2, -0.15) is 0 Å². The van der Waals surface area contributed by atoms with Gasteiger partial charge in [0.15, 0.2) is 0 Å². The molecule has 2 fully saturated rings. The third-order valence-corrected chi connectivity index (χ3v) is 1.91. The summed E-state index contributed by atoms with van der Waals surface area (Å²) in [6.45, 7) is 6.75. The molecule has 2 aliphatic rings. The van der Waals surface area contributed by atoms with E-state index in [1.54, 1.807) is 0 Å². The number of hydrogen-bond donors (Lipinski definition) is 4. The van der Waals surface area contributed by atoms with Crippen molar-refractivity contribution in [3.05, 3.63) is 0 Å². The van der Waals surface area contributed by atoms with Gasteiger partial charge in [0.25, 0.3) is 0 Å². The second-order valence-corrected chi connectivity index (χ2v) is 3.06. The van der Waals surface area contributed by atoms with Gasteiger partial charge in [0.05, 0.1) is 0 Å². The zero-order valence-electron chi connectivity index (χ0n) is 7.66. The Hall–Kier alpha value is -0.160. The number of rotatable bonds is 0. The van der Waals surface area contributed by atoms with Crippen LogP contribution in [0.4, 0.5) is 0 Å². The van der Waals surface area contributed by atoms with Crippen molar-refractivity contribution in [1.29, 1.82) is 0 Å². The standard InChI is InChI=1S/2C4H10N2/c2*1-2-5-4-6-3-1/h2*5-6H,1-4H2. The smallest absolute Gasteiger partial charge is 0.0454 e. The lowest BCUT2D eigenvalue weighted by Crippen LogP contribution is -2.37. The third kappa shape index (κ3) is 5.49. The zero-order chi connectivity index (χ0) is 8.49. The van der Waals surface area contributed by atoms with E-state index in [1.165, 1.54) is 39.0 Å². The van der Waals surface area contributed by atoms with E-state index in [2.05, 4.69) is 21.3 Å². The van der Waals surface area contributed by atoms with Crippen molar-refractivity contribution in [2.24, 2.45) is 0 Å². The quantitative estimate of drug-likeness (QED) is 0.381. The Balaban J connectivity index is 0.000000120. The van der Waals surface area contributed by atoms with Gasteiger partial charge in [0, 0.05) is 13.3 Å². The molecule has 2 aliphatic heterocycles. The Morgan fingerprint density at radius 1 is 0.500 bits per heavy atom. The van der Waals surface area contributed by atoms with E-state index in [9.17, 15) is 0 Å². The fraction of sp³-hybridized carbons (Fsp3) is 1.00. The Morgan fingerprint density at radius 2 is 0.833 bits per heavy atom. The summed E-state index contributed by atoms with van der Waals surface area (Å²) in [6, 6.07) is 0. The van der Waals surface area contributed by atoms with Crippen LogP contribution in [0.5, 0.6) is 0 Å². The Bertz CT molecular complexity index is 54.0. The van der Waals surface area contributed by atoms with Crippen LogP contribution in [0.25, 0.3) is 0 Å². The molecule has 12 heavy (non-hydrogen) atoms. The fourth-order valence-corrected chi connectivity index (χ4v) is 1.21. The first-order valence-corrected chi connectivity index (χ1v) is 4.83. The van der Waals surface area contributed by atoms with Crippen LogP contribution in [-0.2, 0) is 0 Å². The SMILES string of the molecule is C1CNCNC1.C1CNCNC1. The van der Waals surface area contributed by atoms with Crippen LogP contribution in [0, 0.1) is 0 Å². The van der Waals surface area contributed by atoms with Crippen LogP contribution in [-0.4, -0.2) is 39.5 Å². The summed E-state index contributed by atoms with van der Waals surface area (Å²) in [5, 5.41) is 12.7. The molecule has 0 saturated carbocycles. The highest BCUT2D eigenvalue weighted by Crippen LogP contribution is 1.75. The van der Waals surface area contributed by atoms with Gasteiger partial charge < -0.3 is 21.3 Å². The van der Waals surface area contributed by atoms with E-state index in [1.807, 2.05) is 0 Å². The lowest BCUT2D eigenvalue weighted by Gasteiger charge is -2.11. The fourth-order valence-electron chi connectivity index (χ4n) is 1.21. The Kier molecular flexibility index (Phi) is 6.19.